The number of nitrogens with one attached hydrogen (secondary N) is 1. The smallest absolute Gasteiger partial charge is 0.141 e. The van der Waals surface area contributed by atoms with Gasteiger partial charge in [0.25, 0.3) is 0 Å². The van der Waals surface area contributed by atoms with E-state index in [-0.39, 0.29) is 0 Å². The molecule has 0 aliphatic carbocycles. The van der Waals surface area contributed by atoms with Crippen molar-refractivity contribution in [3.05, 3.63) is 89.2 Å². The van der Waals surface area contributed by atoms with Gasteiger partial charge in [-0.15, -0.1) is 11.3 Å². The van der Waals surface area contributed by atoms with Gasteiger partial charge < -0.3 is 9.72 Å². The van der Waals surface area contributed by atoms with Gasteiger partial charge in [0.05, 0.1) is 33.4 Å². The number of ether oxygens (including phenoxy) is 1. The highest BCUT2D eigenvalue weighted by atomic mass is 32.1. The predicted octanol–water partition coefficient (Wildman–Crippen LogP) is 6.16. The van der Waals surface area contributed by atoms with E-state index in [0.717, 1.165) is 49.0 Å². The van der Waals surface area contributed by atoms with Crippen molar-refractivity contribution >= 4 is 44.2 Å². The number of fused-ring (bicyclic) bond motifs is 2. The number of para-hydroxylation sites is 3. The van der Waals surface area contributed by atoms with Crippen LogP contribution in [0.3, 0.4) is 0 Å². The number of rotatable bonds is 5. The maximum absolute atomic E-state index is 5.57. The Kier molecular flexibility index (Phi) is 4.58. The topological polar surface area (TPSA) is 50.8 Å². The molecule has 5 rings (SSSR count). The molecule has 0 saturated heterocycles. The van der Waals surface area contributed by atoms with Gasteiger partial charge >= 0.3 is 0 Å². The first-order chi connectivity index (χ1) is 14.3. The lowest BCUT2D eigenvalue weighted by atomic mass is 10.1. The monoisotopic (exact) mass is 397 g/mol. The van der Waals surface area contributed by atoms with Gasteiger partial charge in [0.2, 0.25) is 0 Å². The van der Waals surface area contributed by atoms with Crippen molar-refractivity contribution in [2.45, 2.75) is 6.92 Å². The maximum Gasteiger partial charge on any atom is 0.141 e. The standard InChI is InChI=1S/C24H19N3OS/c1-2-28-17-13-11-16(12-14-17)15-18(23-25-19-7-3-4-8-20(19)26-23)24-27-21-9-5-6-10-22(21)29-24/h3-15H,2H2,1H3,(H,25,26)/b18-15+. The zero-order chi connectivity index (χ0) is 19.6. The van der Waals surface area contributed by atoms with Crippen molar-refractivity contribution in [1.82, 2.24) is 15.0 Å². The van der Waals surface area contributed by atoms with Crippen LogP contribution in [0.4, 0.5) is 0 Å². The first-order valence-corrected chi connectivity index (χ1v) is 10.4. The van der Waals surface area contributed by atoms with E-state index in [1.54, 1.807) is 11.3 Å². The molecule has 3 aromatic carbocycles. The summed E-state index contributed by atoms with van der Waals surface area (Å²) in [4.78, 5) is 13.1. The van der Waals surface area contributed by atoms with E-state index in [2.05, 4.69) is 29.3 Å². The van der Waals surface area contributed by atoms with Crippen molar-refractivity contribution < 1.29 is 4.74 Å². The number of nitrogens with zero attached hydrogens (tertiary/aromatic N) is 2. The third-order valence-corrected chi connectivity index (χ3v) is 5.74. The Morgan fingerprint density at radius 1 is 0.931 bits per heavy atom. The molecule has 0 spiro atoms. The molecular weight excluding hydrogens is 378 g/mol. The molecule has 2 aromatic heterocycles. The number of aromatic amines is 1. The van der Waals surface area contributed by atoms with Crippen LogP contribution in [0.5, 0.6) is 5.75 Å². The summed E-state index contributed by atoms with van der Waals surface area (Å²) >= 11 is 1.68. The number of aromatic nitrogens is 3. The summed E-state index contributed by atoms with van der Waals surface area (Å²) in [5.74, 6) is 1.69. The summed E-state index contributed by atoms with van der Waals surface area (Å²) in [6.07, 6.45) is 2.13. The Bertz CT molecular complexity index is 1170. The van der Waals surface area contributed by atoms with Crippen LogP contribution in [-0.4, -0.2) is 21.6 Å². The van der Waals surface area contributed by atoms with E-state index >= 15 is 0 Å². The number of imidazole rings is 1. The molecule has 2 heterocycles. The van der Waals surface area contributed by atoms with Gasteiger partial charge in [-0.1, -0.05) is 36.4 Å². The van der Waals surface area contributed by atoms with Crippen LogP contribution in [0.1, 0.15) is 23.3 Å². The molecule has 0 aliphatic heterocycles. The number of hydrogen-bond acceptors (Lipinski definition) is 4. The normalized spacial score (nSPS) is 12.0. The molecule has 142 valence electrons. The average molecular weight is 398 g/mol. The van der Waals surface area contributed by atoms with Crippen molar-refractivity contribution in [2.24, 2.45) is 0 Å². The van der Waals surface area contributed by atoms with Crippen molar-refractivity contribution in [1.29, 1.82) is 0 Å². The van der Waals surface area contributed by atoms with Crippen molar-refractivity contribution in [3.63, 3.8) is 0 Å². The summed E-state index contributed by atoms with van der Waals surface area (Å²) < 4.78 is 6.73. The minimum atomic E-state index is 0.658. The van der Waals surface area contributed by atoms with Crippen LogP contribution in [0.2, 0.25) is 0 Å². The van der Waals surface area contributed by atoms with Crippen LogP contribution >= 0.6 is 11.3 Å². The molecule has 29 heavy (non-hydrogen) atoms. The van der Waals surface area contributed by atoms with Gasteiger partial charge in [0, 0.05) is 0 Å². The number of hydrogen-bond donors (Lipinski definition) is 1. The lowest BCUT2D eigenvalue weighted by molar-refractivity contribution is 0.340. The van der Waals surface area contributed by atoms with E-state index in [9.17, 15) is 0 Å². The van der Waals surface area contributed by atoms with E-state index in [1.807, 2.05) is 61.5 Å². The first kappa shape index (κ1) is 17.6. The molecule has 0 fully saturated rings. The van der Waals surface area contributed by atoms with E-state index in [0.29, 0.717) is 6.61 Å². The Morgan fingerprint density at radius 2 is 1.69 bits per heavy atom. The van der Waals surface area contributed by atoms with E-state index in [1.165, 1.54) is 0 Å². The highest BCUT2D eigenvalue weighted by molar-refractivity contribution is 7.19. The van der Waals surface area contributed by atoms with Gasteiger partial charge in [-0.25, -0.2) is 9.97 Å². The molecule has 1 N–H and O–H groups in total. The third kappa shape index (κ3) is 3.52. The van der Waals surface area contributed by atoms with Crippen molar-refractivity contribution in [2.75, 3.05) is 6.61 Å². The molecule has 0 saturated carbocycles. The number of benzene rings is 3. The largest absolute Gasteiger partial charge is 0.494 e. The fraction of sp³-hybridized carbons (Fsp3) is 0.0833. The van der Waals surface area contributed by atoms with Crippen LogP contribution in [0.15, 0.2) is 72.8 Å². The lowest BCUT2D eigenvalue weighted by Gasteiger charge is -2.04. The summed E-state index contributed by atoms with van der Waals surface area (Å²) in [7, 11) is 0. The molecule has 4 nitrogen and oxygen atoms in total. The molecule has 0 amide bonds. The Labute approximate surface area is 172 Å². The second-order valence-corrected chi connectivity index (χ2v) is 7.68. The summed E-state index contributed by atoms with van der Waals surface area (Å²) in [5.41, 5.74) is 5.01. The summed E-state index contributed by atoms with van der Waals surface area (Å²) in [6, 6.07) is 24.4. The second kappa shape index (κ2) is 7.53. The SMILES string of the molecule is CCOc1ccc(/C=C(\c2nc3ccccc3[nH]2)c2nc3ccccc3s2)cc1. The minimum absolute atomic E-state index is 0.658. The number of H-pyrrole nitrogens is 1. The molecule has 0 radical (unpaired) electrons. The molecule has 0 unspecified atom stereocenters. The summed E-state index contributed by atoms with van der Waals surface area (Å²) in [5, 5.41) is 0.944. The summed E-state index contributed by atoms with van der Waals surface area (Å²) in [6.45, 7) is 2.64. The Morgan fingerprint density at radius 3 is 2.45 bits per heavy atom. The lowest BCUT2D eigenvalue weighted by Crippen LogP contribution is -1.92. The van der Waals surface area contributed by atoms with Gasteiger partial charge in [-0.2, -0.15) is 0 Å². The average Bonchev–Trinajstić information content (AvgIpc) is 3.37. The fourth-order valence-electron chi connectivity index (χ4n) is 3.29. The van der Waals surface area contributed by atoms with E-state index in [4.69, 9.17) is 14.7 Å². The van der Waals surface area contributed by atoms with Crippen LogP contribution in [-0.2, 0) is 0 Å². The first-order valence-electron chi connectivity index (χ1n) is 9.56. The third-order valence-electron chi connectivity index (χ3n) is 4.67. The Hall–Kier alpha value is -3.44. The van der Waals surface area contributed by atoms with Crippen LogP contribution < -0.4 is 4.74 Å². The minimum Gasteiger partial charge on any atom is -0.494 e. The van der Waals surface area contributed by atoms with E-state index < -0.39 is 0 Å². The van der Waals surface area contributed by atoms with Gasteiger partial charge in [0.1, 0.15) is 16.6 Å². The highest BCUT2D eigenvalue weighted by Gasteiger charge is 2.15. The van der Waals surface area contributed by atoms with Gasteiger partial charge in [-0.05, 0) is 55.0 Å². The molecule has 5 heteroatoms. The maximum atomic E-state index is 5.57. The van der Waals surface area contributed by atoms with Gasteiger partial charge in [-0.3, -0.25) is 0 Å². The predicted molar refractivity (Wildman–Crippen MR) is 120 cm³/mol. The zero-order valence-electron chi connectivity index (χ0n) is 15.9. The van der Waals surface area contributed by atoms with Crippen LogP contribution in [0.25, 0.3) is 32.9 Å². The molecule has 0 bridgehead atoms. The Balaban J connectivity index is 1.65. The van der Waals surface area contributed by atoms with Crippen LogP contribution in [0, 0.1) is 0 Å². The van der Waals surface area contributed by atoms with Gasteiger partial charge in [0.15, 0.2) is 0 Å². The molecular formula is C24H19N3OS. The zero-order valence-corrected chi connectivity index (χ0v) is 16.7. The molecule has 0 aliphatic rings. The molecule has 0 atom stereocenters. The van der Waals surface area contributed by atoms with Crippen molar-refractivity contribution in [3.8, 4) is 5.75 Å². The second-order valence-electron chi connectivity index (χ2n) is 6.65. The molecule has 5 aromatic rings. The fourth-order valence-corrected chi connectivity index (χ4v) is 4.28. The highest BCUT2D eigenvalue weighted by Crippen LogP contribution is 2.32. The number of thiazole rings is 1. The quantitative estimate of drug-likeness (QED) is 0.386.